The van der Waals surface area contributed by atoms with E-state index in [2.05, 4.69) is 205 Å². The van der Waals surface area contributed by atoms with Gasteiger partial charge in [-0.2, -0.15) is 0 Å². The Balaban J connectivity index is 0.944. The summed E-state index contributed by atoms with van der Waals surface area (Å²) in [6.45, 7) is 0. The lowest BCUT2D eigenvalue weighted by Crippen LogP contribution is -1.96. The van der Waals surface area contributed by atoms with Crippen molar-refractivity contribution < 1.29 is 0 Å². The minimum absolute atomic E-state index is 0.721. The minimum Gasteiger partial charge on any atom is -0.309 e. The standard InChI is InChI=1S/C56H33N3S2/c1-2-11-34(12-3-1)35-21-23-37(24-22-35)51-55-52(47-16-7-9-20-50(47)60-55)58-56(57-51)38-25-29-40(30-26-38)59-48-19-8-6-15-43(48)44-31-28-39(33-49(44)59)42-17-10-18-45-46-32-27-36-13-4-5-14-41(36)53(46)61-54(42)45/h1-33H. The van der Waals surface area contributed by atoms with Gasteiger partial charge >= 0.3 is 0 Å². The van der Waals surface area contributed by atoms with Crippen LogP contribution in [0.1, 0.15) is 0 Å². The lowest BCUT2D eigenvalue weighted by atomic mass is 10.0. The van der Waals surface area contributed by atoms with Gasteiger partial charge in [0.25, 0.3) is 0 Å². The number of rotatable bonds is 5. The van der Waals surface area contributed by atoms with Gasteiger partial charge in [0.2, 0.25) is 0 Å². The SMILES string of the molecule is c1ccc(-c2ccc(-c3nc(-c4ccc(-n5c6ccccc6c6ccc(-c7cccc8c7sc7c9ccccc9ccc87)cc65)cc4)nc4c3sc3ccccc34)cc2)cc1. The van der Waals surface area contributed by atoms with Crippen LogP contribution in [0.4, 0.5) is 0 Å². The molecule has 5 heteroatoms. The summed E-state index contributed by atoms with van der Waals surface area (Å²) in [7, 11) is 0. The molecule has 13 aromatic rings. The van der Waals surface area contributed by atoms with Gasteiger partial charge in [0, 0.05) is 57.8 Å². The van der Waals surface area contributed by atoms with Crippen molar-refractivity contribution in [2.45, 2.75) is 0 Å². The monoisotopic (exact) mass is 811 g/mol. The molecule has 61 heavy (non-hydrogen) atoms. The molecule has 0 fully saturated rings. The summed E-state index contributed by atoms with van der Waals surface area (Å²) < 4.78 is 7.40. The Bertz CT molecular complexity index is 3860. The van der Waals surface area contributed by atoms with Crippen LogP contribution in [0.25, 0.3) is 124 Å². The van der Waals surface area contributed by atoms with Crippen LogP contribution in [0.3, 0.4) is 0 Å². The second-order valence-electron chi connectivity index (χ2n) is 15.7. The van der Waals surface area contributed by atoms with Crippen LogP contribution in [0.2, 0.25) is 0 Å². The average Bonchev–Trinajstić information content (AvgIpc) is 4.01. The lowest BCUT2D eigenvalue weighted by Gasteiger charge is -2.11. The molecule has 0 radical (unpaired) electrons. The van der Waals surface area contributed by atoms with Crippen molar-refractivity contribution >= 4 is 95.7 Å². The van der Waals surface area contributed by atoms with E-state index in [1.165, 1.54) is 79.7 Å². The minimum atomic E-state index is 0.721. The van der Waals surface area contributed by atoms with Crippen molar-refractivity contribution in [1.82, 2.24) is 14.5 Å². The van der Waals surface area contributed by atoms with Crippen LogP contribution in [0.15, 0.2) is 200 Å². The summed E-state index contributed by atoms with van der Waals surface area (Å²) in [5, 5.41) is 8.85. The van der Waals surface area contributed by atoms with E-state index in [4.69, 9.17) is 9.97 Å². The van der Waals surface area contributed by atoms with E-state index in [0.29, 0.717) is 0 Å². The maximum atomic E-state index is 5.33. The molecule has 13 rings (SSSR count). The molecule has 0 saturated carbocycles. The predicted octanol–water partition coefficient (Wildman–Crippen LogP) is 16.1. The maximum absolute atomic E-state index is 5.33. The number of para-hydroxylation sites is 1. The average molecular weight is 812 g/mol. The number of fused-ring (bicyclic) bond motifs is 11. The van der Waals surface area contributed by atoms with Crippen LogP contribution < -0.4 is 0 Å². The number of hydrogen-bond acceptors (Lipinski definition) is 4. The molecule has 0 aliphatic heterocycles. The molecule has 0 amide bonds. The van der Waals surface area contributed by atoms with Crippen LogP contribution in [0.5, 0.6) is 0 Å². The first kappa shape index (κ1) is 34.4. The quantitative estimate of drug-likeness (QED) is 0.173. The van der Waals surface area contributed by atoms with Crippen molar-refractivity contribution in [1.29, 1.82) is 0 Å². The highest BCUT2D eigenvalue weighted by Crippen LogP contribution is 2.45. The Kier molecular flexibility index (Phi) is 7.65. The van der Waals surface area contributed by atoms with Gasteiger partial charge < -0.3 is 4.57 Å². The number of hydrogen-bond donors (Lipinski definition) is 0. The van der Waals surface area contributed by atoms with E-state index < -0.39 is 0 Å². The zero-order chi connectivity index (χ0) is 40.0. The first-order valence-electron chi connectivity index (χ1n) is 20.6. The molecule has 4 aromatic heterocycles. The number of benzene rings is 9. The maximum Gasteiger partial charge on any atom is 0.160 e. The van der Waals surface area contributed by atoms with Gasteiger partial charge in [0.05, 0.1) is 26.9 Å². The predicted molar refractivity (Wildman–Crippen MR) is 261 cm³/mol. The summed E-state index contributed by atoms with van der Waals surface area (Å²) in [6, 6.07) is 72.4. The number of nitrogens with zero attached hydrogens (tertiary/aromatic N) is 3. The largest absolute Gasteiger partial charge is 0.309 e. The van der Waals surface area contributed by atoms with E-state index in [-0.39, 0.29) is 0 Å². The zero-order valence-electron chi connectivity index (χ0n) is 32.7. The molecule has 0 aliphatic carbocycles. The van der Waals surface area contributed by atoms with Crippen LogP contribution >= 0.6 is 22.7 Å². The van der Waals surface area contributed by atoms with Gasteiger partial charge in [0.1, 0.15) is 0 Å². The highest BCUT2D eigenvalue weighted by molar-refractivity contribution is 7.27. The Morgan fingerprint density at radius 1 is 0.361 bits per heavy atom. The Labute approximate surface area is 359 Å². The Morgan fingerprint density at radius 3 is 1.87 bits per heavy atom. The lowest BCUT2D eigenvalue weighted by molar-refractivity contribution is 1.17. The van der Waals surface area contributed by atoms with Gasteiger partial charge in [0.15, 0.2) is 5.82 Å². The fourth-order valence-electron chi connectivity index (χ4n) is 9.30. The van der Waals surface area contributed by atoms with E-state index in [0.717, 1.165) is 43.9 Å². The molecule has 4 heterocycles. The topological polar surface area (TPSA) is 30.7 Å². The molecule has 3 nitrogen and oxygen atoms in total. The fraction of sp³-hybridized carbons (Fsp3) is 0. The van der Waals surface area contributed by atoms with E-state index in [9.17, 15) is 0 Å². The Hall–Kier alpha value is -7.44. The summed E-state index contributed by atoms with van der Waals surface area (Å²) in [6.07, 6.45) is 0. The summed E-state index contributed by atoms with van der Waals surface area (Å²) in [4.78, 5) is 10.6. The van der Waals surface area contributed by atoms with Crippen molar-refractivity contribution in [2.24, 2.45) is 0 Å². The summed E-state index contributed by atoms with van der Waals surface area (Å²) >= 11 is 3.67. The van der Waals surface area contributed by atoms with Crippen molar-refractivity contribution in [3.63, 3.8) is 0 Å². The normalized spacial score (nSPS) is 11.9. The van der Waals surface area contributed by atoms with Crippen LogP contribution in [-0.2, 0) is 0 Å². The molecule has 0 saturated heterocycles. The molecule has 284 valence electrons. The first-order valence-corrected chi connectivity index (χ1v) is 22.2. The third-order valence-corrected chi connectivity index (χ3v) is 14.7. The molecule has 0 spiro atoms. The third kappa shape index (κ3) is 5.41. The van der Waals surface area contributed by atoms with E-state index in [1.54, 1.807) is 11.3 Å². The molecule has 0 atom stereocenters. The highest BCUT2D eigenvalue weighted by Gasteiger charge is 2.19. The van der Waals surface area contributed by atoms with Gasteiger partial charge in [-0.25, -0.2) is 9.97 Å². The van der Waals surface area contributed by atoms with Crippen molar-refractivity contribution in [3.05, 3.63) is 200 Å². The van der Waals surface area contributed by atoms with Crippen LogP contribution in [0, 0.1) is 0 Å². The van der Waals surface area contributed by atoms with Crippen molar-refractivity contribution in [2.75, 3.05) is 0 Å². The molecule has 0 unspecified atom stereocenters. The van der Waals surface area contributed by atoms with Gasteiger partial charge in [-0.3, -0.25) is 0 Å². The van der Waals surface area contributed by atoms with Gasteiger partial charge in [-0.1, -0.05) is 158 Å². The second kappa shape index (κ2) is 13.5. The molecular weight excluding hydrogens is 779 g/mol. The number of thiophene rings is 2. The van der Waals surface area contributed by atoms with Crippen molar-refractivity contribution in [3.8, 4) is 50.6 Å². The molecular formula is C56H33N3S2. The zero-order valence-corrected chi connectivity index (χ0v) is 34.3. The molecule has 0 bridgehead atoms. The molecule has 9 aromatic carbocycles. The van der Waals surface area contributed by atoms with Gasteiger partial charge in [-0.15, -0.1) is 22.7 Å². The summed E-state index contributed by atoms with van der Waals surface area (Å²) in [5.41, 5.74) is 12.3. The number of aromatic nitrogens is 3. The highest BCUT2D eigenvalue weighted by atomic mass is 32.1. The van der Waals surface area contributed by atoms with E-state index >= 15 is 0 Å². The fourth-order valence-corrected chi connectivity index (χ4v) is 11.8. The summed E-state index contributed by atoms with van der Waals surface area (Å²) in [5.74, 6) is 0.721. The van der Waals surface area contributed by atoms with Crippen LogP contribution in [-0.4, -0.2) is 14.5 Å². The Morgan fingerprint density at radius 2 is 1.00 bits per heavy atom. The van der Waals surface area contributed by atoms with Gasteiger partial charge in [-0.05, 0) is 75.5 Å². The third-order valence-electron chi connectivity index (χ3n) is 12.2. The molecule has 0 aliphatic rings. The molecule has 0 N–H and O–H groups in total. The second-order valence-corrected chi connectivity index (χ2v) is 17.8. The smallest absolute Gasteiger partial charge is 0.160 e. The van der Waals surface area contributed by atoms with E-state index in [1.807, 2.05) is 11.3 Å². The first-order chi connectivity index (χ1) is 30.2.